The minimum Gasteiger partial charge on any atom is -0.307 e. The van der Waals surface area contributed by atoms with Gasteiger partial charge in [0.05, 0.1) is 0 Å². The van der Waals surface area contributed by atoms with Gasteiger partial charge in [-0.2, -0.15) is 0 Å². The SMILES string of the molecule is Cc1nccn1-c1cc(NC(=O)/C=C/c2ccccc2Cl)ncn1. The quantitative estimate of drug-likeness (QED) is 0.740. The number of nitrogens with one attached hydrogen (secondary N) is 1. The highest BCUT2D eigenvalue weighted by Crippen LogP contribution is 2.16. The Morgan fingerprint density at radius 2 is 2.08 bits per heavy atom. The third-order valence-corrected chi connectivity index (χ3v) is 3.64. The highest BCUT2D eigenvalue weighted by atomic mass is 35.5. The van der Waals surface area contributed by atoms with Crippen LogP contribution in [0.5, 0.6) is 0 Å². The molecule has 0 saturated carbocycles. The number of aromatic nitrogens is 4. The largest absolute Gasteiger partial charge is 0.307 e. The maximum atomic E-state index is 12.0. The molecule has 0 fully saturated rings. The molecular weight excluding hydrogens is 326 g/mol. The topological polar surface area (TPSA) is 72.7 Å². The molecule has 0 spiro atoms. The van der Waals surface area contributed by atoms with Crippen molar-refractivity contribution in [2.24, 2.45) is 0 Å². The minimum absolute atomic E-state index is 0.304. The second kappa shape index (κ2) is 7.06. The van der Waals surface area contributed by atoms with Crippen LogP contribution in [0.4, 0.5) is 5.82 Å². The Morgan fingerprint density at radius 3 is 2.83 bits per heavy atom. The first-order chi connectivity index (χ1) is 11.6. The highest BCUT2D eigenvalue weighted by Gasteiger charge is 2.05. The monoisotopic (exact) mass is 339 g/mol. The molecule has 2 aromatic heterocycles. The molecule has 0 unspecified atom stereocenters. The van der Waals surface area contributed by atoms with Gasteiger partial charge >= 0.3 is 0 Å². The lowest BCUT2D eigenvalue weighted by atomic mass is 10.2. The van der Waals surface area contributed by atoms with Gasteiger partial charge in [0.2, 0.25) is 5.91 Å². The maximum Gasteiger partial charge on any atom is 0.249 e. The van der Waals surface area contributed by atoms with Gasteiger partial charge in [-0.3, -0.25) is 9.36 Å². The van der Waals surface area contributed by atoms with E-state index in [0.717, 1.165) is 11.4 Å². The molecule has 24 heavy (non-hydrogen) atoms. The first kappa shape index (κ1) is 15.9. The number of nitrogens with zero attached hydrogens (tertiary/aromatic N) is 4. The number of imidazole rings is 1. The van der Waals surface area contributed by atoms with Crippen molar-refractivity contribution in [2.45, 2.75) is 6.92 Å². The summed E-state index contributed by atoms with van der Waals surface area (Å²) in [5.41, 5.74) is 0.770. The van der Waals surface area contributed by atoms with E-state index in [1.54, 1.807) is 35.2 Å². The summed E-state index contributed by atoms with van der Waals surface area (Å²) in [5.74, 6) is 1.53. The third-order valence-electron chi connectivity index (χ3n) is 3.30. The Balaban J connectivity index is 1.73. The van der Waals surface area contributed by atoms with Gasteiger partial charge in [0.15, 0.2) is 0 Å². The van der Waals surface area contributed by atoms with Gasteiger partial charge in [-0.1, -0.05) is 29.8 Å². The lowest BCUT2D eigenvalue weighted by Crippen LogP contribution is -2.10. The normalized spacial score (nSPS) is 10.9. The lowest BCUT2D eigenvalue weighted by molar-refractivity contribution is -0.111. The van der Waals surface area contributed by atoms with Crippen LogP contribution in [0.1, 0.15) is 11.4 Å². The minimum atomic E-state index is -0.304. The van der Waals surface area contributed by atoms with Crippen LogP contribution in [0.2, 0.25) is 5.02 Å². The Bertz CT molecular complexity index is 903. The van der Waals surface area contributed by atoms with Gasteiger partial charge in [0.1, 0.15) is 23.8 Å². The summed E-state index contributed by atoms with van der Waals surface area (Å²) in [7, 11) is 0. The number of benzene rings is 1. The number of anilines is 1. The maximum absolute atomic E-state index is 12.0. The van der Waals surface area contributed by atoms with Gasteiger partial charge in [-0.25, -0.2) is 15.0 Å². The molecule has 1 aromatic carbocycles. The summed E-state index contributed by atoms with van der Waals surface area (Å²) >= 11 is 6.05. The van der Waals surface area contributed by atoms with Crippen molar-refractivity contribution in [1.29, 1.82) is 0 Å². The number of amides is 1. The third kappa shape index (κ3) is 3.67. The van der Waals surface area contributed by atoms with E-state index in [2.05, 4.69) is 20.3 Å². The summed E-state index contributed by atoms with van der Waals surface area (Å²) in [6, 6.07) is 8.96. The molecule has 0 atom stereocenters. The molecule has 0 saturated heterocycles. The van der Waals surface area contributed by atoms with E-state index < -0.39 is 0 Å². The van der Waals surface area contributed by atoms with Crippen molar-refractivity contribution in [2.75, 3.05) is 5.32 Å². The zero-order valence-electron chi connectivity index (χ0n) is 12.8. The molecule has 120 valence electrons. The van der Waals surface area contributed by atoms with Crippen molar-refractivity contribution in [3.8, 4) is 5.82 Å². The number of hydrogen-bond donors (Lipinski definition) is 1. The van der Waals surface area contributed by atoms with E-state index in [1.165, 1.54) is 12.4 Å². The first-order valence-electron chi connectivity index (χ1n) is 7.19. The Kier molecular flexibility index (Phi) is 4.67. The molecule has 1 amide bonds. The molecule has 0 bridgehead atoms. The smallest absolute Gasteiger partial charge is 0.249 e. The second-order valence-electron chi connectivity index (χ2n) is 4.95. The van der Waals surface area contributed by atoms with Crippen molar-refractivity contribution in [1.82, 2.24) is 19.5 Å². The van der Waals surface area contributed by atoms with Crippen LogP contribution in [0.15, 0.2) is 55.1 Å². The van der Waals surface area contributed by atoms with Crippen LogP contribution in [0.3, 0.4) is 0 Å². The number of halogens is 1. The molecular formula is C17H14ClN5O. The van der Waals surface area contributed by atoms with E-state index >= 15 is 0 Å². The molecule has 0 aliphatic rings. The van der Waals surface area contributed by atoms with Crippen molar-refractivity contribution >= 4 is 29.4 Å². The number of carbonyl (C=O) groups is 1. The van der Waals surface area contributed by atoms with Crippen LogP contribution < -0.4 is 5.32 Å². The first-order valence-corrected chi connectivity index (χ1v) is 7.57. The Hall–Kier alpha value is -2.99. The summed E-state index contributed by atoms with van der Waals surface area (Å²) in [5, 5.41) is 3.28. The van der Waals surface area contributed by atoms with E-state index in [9.17, 15) is 4.79 Å². The Labute approximate surface area is 143 Å². The van der Waals surface area contributed by atoms with Gasteiger partial charge in [-0.15, -0.1) is 0 Å². The van der Waals surface area contributed by atoms with Crippen molar-refractivity contribution in [3.63, 3.8) is 0 Å². The molecule has 7 heteroatoms. The molecule has 1 N–H and O–H groups in total. The van der Waals surface area contributed by atoms with E-state index in [1.807, 2.05) is 25.1 Å². The summed E-state index contributed by atoms with van der Waals surface area (Å²) in [6.45, 7) is 1.87. The predicted octanol–water partition coefficient (Wildman–Crippen LogP) is 3.28. The summed E-state index contributed by atoms with van der Waals surface area (Å²) in [4.78, 5) is 24.4. The number of aryl methyl sites for hydroxylation is 1. The molecule has 0 aliphatic heterocycles. The summed E-state index contributed by atoms with van der Waals surface area (Å²) in [6.07, 6.45) is 7.93. The van der Waals surface area contributed by atoms with E-state index in [0.29, 0.717) is 16.7 Å². The van der Waals surface area contributed by atoms with Gasteiger partial charge < -0.3 is 5.32 Å². The van der Waals surface area contributed by atoms with Crippen molar-refractivity contribution in [3.05, 3.63) is 71.5 Å². The number of carbonyl (C=O) groups excluding carboxylic acids is 1. The Morgan fingerprint density at radius 1 is 1.25 bits per heavy atom. The van der Waals surface area contributed by atoms with Crippen LogP contribution in [-0.2, 0) is 4.79 Å². The van der Waals surface area contributed by atoms with Crippen LogP contribution in [0, 0.1) is 6.92 Å². The fourth-order valence-electron chi connectivity index (χ4n) is 2.11. The number of rotatable bonds is 4. The summed E-state index contributed by atoms with van der Waals surface area (Å²) < 4.78 is 1.80. The van der Waals surface area contributed by atoms with Gasteiger partial charge in [-0.05, 0) is 24.6 Å². The molecule has 0 aliphatic carbocycles. The fraction of sp³-hybridized carbons (Fsp3) is 0.0588. The van der Waals surface area contributed by atoms with E-state index in [4.69, 9.17) is 11.6 Å². The average molecular weight is 340 g/mol. The molecule has 6 nitrogen and oxygen atoms in total. The molecule has 2 heterocycles. The lowest BCUT2D eigenvalue weighted by Gasteiger charge is -2.06. The second-order valence-corrected chi connectivity index (χ2v) is 5.36. The zero-order valence-corrected chi connectivity index (χ0v) is 13.6. The number of hydrogen-bond acceptors (Lipinski definition) is 4. The zero-order chi connectivity index (χ0) is 16.9. The van der Waals surface area contributed by atoms with Crippen molar-refractivity contribution < 1.29 is 4.79 Å². The predicted molar refractivity (Wildman–Crippen MR) is 93.0 cm³/mol. The van der Waals surface area contributed by atoms with Crippen LogP contribution in [0.25, 0.3) is 11.9 Å². The molecule has 3 rings (SSSR count). The van der Waals surface area contributed by atoms with Gasteiger partial charge in [0, 0.05) is 29.6 Å². The van der Waals surface area contributed by atoms with Crippen LogP contribution >= 0.6 is 11.6 Å². The van der Waals surface area contributed by atoms with Crippen LogP contribution in [-0.4, -0.2) is 25.4 Å². The fourth-order valence-corrected chi connectivity index (χ4v) is 2.31. The average Bonchev–Trinajstić information content (AvgIpc) is 3.00. The highest BCUT2D eigenvalue weighted by molar-refractivity contribution is 6.32. The molecule has 0 radical (unpaired) electrons. The van der Waals surface area contributed by atoms with Gasteiger partial charge in [0.25, 0.3) is 0 Å². The molecule has 3 aromatic rings. The standard InChI is InChI=1S/C17H14ClN5O/c1-12-19-8-9-23(12)16-10-15(20-11-21-16)22-17(24)7-6-13-4-2-3-5-14(13)18/h2-11H,1H3,(H,20,21,22,24)/b7-6+. The van der Waals surface area contributed by atoms with E-state index in [-0.39, 0.29) is 5.91 Å².